The fraction of sp³-hybridized carbons (Fsp3) is 0.417. The summed E-state index contributed by atoms with van der Waals surface area (Å²) in [6.45, 7) is 5.89. The molecule has 2 aromatic heterocycles. The highest BCUT2D eigenvalue weighted by molar-refractivity contribution is 7.14. The Morgan fingerprint density at radius 3 is 2.58 bits per heavy atom. The van der Waals surface area contributed by atoms with E-state index in [0.29, 0.717) is 12.2 Å². The molecule has 2 N–H and O–H groups in total. The third-order valence-electron chi connectivity index (χ3n) is 2.89. The normalized spacial score (nSPS) is 10.7. The summed E-state index contributed by atoms with van der Waals surface area (Å²) in [7, 11) is 1.31. The molecule has 2 rings (SSSR count). The molecule has 0 fully saturated rings. The topological polar surface area (TPSA) is 83.0 Å². The molecule has 0 aliphatic heterocycles. The van der Waals surface area contributed by atoms with Crippen molar-refractivity contribution >= 4 is 23.1 Å². The average Bonchev–Trinajstić information content (AvgIpc) is 2.89. The zero-order chi connectivity index (χ0) is 14.2. The molecular formula is C12H16N4O2S. The molecule has 2 heterocycles. The maximum atomic E-state index is 11.6. The zero-order valence-electron chi connectivity index (χ0n) is 11.4. The number of nitrogens with two attached hydrogens (primary N) is 1. The van der Waals surface area contributed by atoms with Gasteiger partial charge in [-0.25, -0.2) is 14.8 Å². The first kappa shape index (κ1) is 13.5. The number of thiazole rings is 1. The fourth-order valence-electron chi connectivity index (χ4n) is 1.73. The molecule has 7 heteroatoms. The quantitative estimate of drug-likeness (QED) is 0.868. The Morgan fingerprint density at radius 2 is 2.11 bits per heavy atom. The van der Waals surface area contributed by atoms with Crippen LogP contribution in [0.2, 0.25) is 0 Å². The van der Waals surface area contributed by atoms with Crippen LogP contribution < -0.4 is 5.73 Å². The number of imidazole rings is 1. The Balaban J connectivity index is 2.62. The molecule has 102 valence electrons. The largest absolute Gasteiger partial charge is 0.464 e. The molecule has 0 aliphatic rings. The SMILES string of the molecule is CCc1nc(C(=O)OC)c(N)n1-c1nc(C)c(C)s1. The van der Waals surface area contributed by atoms with Gasteiger partial charge in [-0.1, -0.05) is 6.92 Å². The first-order valence-corrected chi connectivity index (χ1v) is 6.71. The van der Waals surface area contributed by atoms with Crippen LogP contribution in [0.25, 0.3) is 5.13 Å². The number of esters is 1. The van der Waals surface area contributed by atoms with Crippen molar-refractivity contribution in [2.45, 2.75) is 27.2 Å². The highest BCUT2D eigenvalue weighted by atomic mass is 32.1. The summed E-state index contributed by atoms with van der Waals surface area (Å²) in [6.07, 6.45) is 0.652. The van der Waals surface area contributed by atoms with Crippen LogP contribution in [0.4, 0.5) is 5.82 Å². The monoisotopic (exact) mass is 280 g/mol. The van der Waals surface area contributed by atoms with Gasteiger partial charge in [0.1, 0.15) is 11.6 Å². The minimum atomic E-state index is -0.532. The van der Waals surface area contributed by atoms with Crippen LogP contribution >= 0.6 is 11.3 Å². The third-order valence-corrected chi connectivity index (χ3v) is 3.94. The molecule has 0 saturated heterocycles. The summed E-state index contributed by atoms with van der Waals surface area (Å²) in [5, 5.41) is 0.729. The van der Waals surface area contributed by atoms with Crippen LogP contribution in [0, 0.1) is 13.8 Å². The Kier molecular flexibility index (Phi) is 3.57. The second kappa shape index (κ2) is 5.00. The first-order chi connectivity index (χ1) is 8.99. The lowest BCUT2D eigenvalue weighted by molar-refractivity contribution is 0.0596. The maximum Gasteiger partial charge on any atom is 0.360 e. The van der Waals surface area contributed by atoms with Gasteiger partial charge in [0.05, 0.1) is 12.8 Å². The number of hydrogen-bond donors (Lipinski definition) is 1. The number of nitrogen functional groups attached to an aromatic ring is 1. The molecule has 19 heavy (non-hydrogen) atoms. The maximum absolute atomic E-state index is 11.6. The number of aromatic nitrogens is 3. The van der Waals surface area contributed by atoms with E-state index in [-0.39, 0.29) is 11.5 Å². The lowest BCUT2D eigenvalue weighted by Gasteiger charge is -2.03. The predicted molar refractivity (Wildman–Crippen MR) is 73.8 cm³/mol. The molecule has 0 bridgehead atoms. The van der Waals surface area contributed by atoms with E-state index < -0.39 is 5.97 Å². The van der Waals surface area contributed by atoms with Crippen molar-refractivity contribution in [1.82, 2.24) is 14.5 Å². The van der Waals surface area contributed by atoms with E-state index in [2.05, 4.69) is 14.7 Å². The number of methoxy groups -OCH3 is 1. The number of hydrogen-bond acceptors (Lipinski definition) is 6. The molecule has 0 radical (unpaired) electrons. The number of aryl methyl sites for hydroxylation is 3. The Labute approximate surface area is 115 Å². The van der Waals surface area contributed by atoms with Gasteiger partial charge in [-0.2, -0.15) is 0 Å². The van der Waals surface area contributed by atoms with Gasteiger partial charge >= 0.3 is 5.97 Å². The Hall–Kier alpha value is -1.89. The Morgan fingerprint density at radius 1 is 1.42 bits per heavy atom. The van der Waals surface area contributed by atoms with E-state index >= 15 is 0 Å². The molecule has 0 amide bonds. The molecule has 0 spiro atoms. The van der Waals surface area contributed by atoms with Gasteiger partial charge in [0.15, 0.2) is 10.8 Å². The van der Waals surface area contributed by atoms with Crippen LogP contribution in [-0.2, 0) is 11.2 Å². The molecule has 0 aliphatic carbocycles. The van der Waals surface area contributed by atoms with E-state index in [4.69, 9.17) is 5.73 Å². The molecule has 0 saturated carbocycles. The van der Waals surface area contributed by atoms with Gasteiger partial charge in [0, 0.05) is 11.3 Å². The summed E-state index contributed by atoms with van der Waals surface area (Å²) in [5.41, 5.74) is 7.11. The van der Waals surface area contributed by atoms with Gasteiger partial charge in [-0.3, -0.25) is 4.57 Å². The fourth-order valence-corrected chi connectivity index (χ4v) is 2.68. The van der Waals surface area contributed by atoms with E-state index in [1.807, 2.05) is 20.8 Å². The number of carbonyl (C=O) groups excluding carboxylic acids is 1. The zero-order valence-corrected chi connectivity index (χ0v) is 12.2. The highest BCUT2D eigenvalue weighted by Gasteiger charge is 2.22. The van der Waals surface area contributed by atoms with Crippen molar-refractivity contribution in [3.05, 3.63) is 22.1 Å². The molecule has 0 aromatic carbocycles. The summed E-state index contributed by atoms with van der Waals surface area (Å²) < 4.78 is 6.40. The van der Waals surface area contributed by atoms with Gasteiger partial charge in [0.25, 0.3) is 0 Å². The van der Waals surface area contributed by atoms with Crippen LogP contribution in [0.15, 0.2) is 0 Å². The highest BCUT2D eigenvalue weighted by Crippen LogP contribution is 2.27. The molecule has 2 aromatic rings. The van der Waals surface area contributed by atoms with Crippen molar-refractivity contribution < 1.29 is 9.53 Å². The second-order valence-corrected chi connectivity index (χ2v) is 5.26. The number of anilines is 1. The first-order valence-electron chi connectivity index (χ1n) is 5.89. The minimum absolute atomic E-state index is 0.143. The summed E-state index contributed by atoms with van der Waals surface area (Å²) >= 11 is 1.52. The Bertz CT molecular complexity index is 610. The molecule has 0 unspecified atom stereocenters. The lowest BCUT2D eigenvalue weighted by Crippen LogP contribution is -2.07. The number of ether oxygens (including phenoxy) is 1. The molecule has 0 atom stereocenters. The van der Waals surface area contributed by atoms with Crippen LogP contribution in [0.1, 0.15) is 33.8 Å². The van der Waals surface area contributed by atoms with Crippen LogP contribution in [-0.4, -0.2) is 27.6 Å². The van der Waals surface area contributed by atoms with Crippen molar-refractivity contribution in [2.24, 2.45) is 0 Å². The standard InChI is InChI=1S/C12H16N4O2S/c1-5-8-15-9(11(17)18-4)10(13)16(8)12-14-6(2)7(3)19-12/h5,13H2,1-4H3. The number of nitrogens with zero attached hydrogens (tertiary/aromatic N) is 3. The van der Waals surface area contributed by atoms with Crippen molar-refractivity contribution in [3.8, 4) is 5.13 Å². The smallest absolute Gasteiger partial charge is 0.360 e. The molecule has 6 nitrogen and oxygen atoms in total. The second-order valence-electron chi connectivity index (χ2n) is 4.08. The number of carbonyl (C=O) groups is 1. The summed E-state index contributed by atoms with van der Waals surface area (Å²) in [4.78, 5) is 21.4. The van der Waals surface area contributed by atoms with Gasteiger partial charge < -0.3 is 10.5 Å². The van der Waals surface area contributed by atoms with E-state index in [1.165, 1.54) is 18.4 Å². The van der Waals surface area contributed by atoms with Gasteiger partial charge in [0.2, 0.25) is 0 Å². The van der Waals surface area contributed by atoms with Crippen molar-refractivity contribution in [3.63, 3.8) is 0 Å². The van der Waals surface area contributed by atoms with Crippen molar-refractivity contribution in [2.75, 3.05) is 12.8 Å². The third kappa shape index (κ3) is 2.21. The van der Waals surface area contributed by atoms with Gasteiger partial charge in [-0.05, 0) is 13.8 Å². The summed E-state index contributed by atoms with van der Waals surface area (Å²) in [6, 6.07) is 0. The molecular weight excluding hydrogens is 264 g/mol. The average molecular weight is 280 g/mol. The van der Waals surface area contributed by atoms with E-state index in [1.54, 1.807) is 4.57 Å². The van der Waals surface area contributed by atoms with E-state index in [0.717, 1.165) is 15.7 Å². The minimum Gasteiger partial charge on any atom is -0.464 e. The van der Waals surface area contributed by atoms with Crippen molar-refractivity contribution in [1.29, 1.82) is 0 Å². The number of rotatable bonds is 3. The van der Waals surface area contributed by atoms with Gasteiger partial charge in [-0.15, -0.1) is 11.3 Å². The van der Waals surface area contributed by atoms with Crippen LogP contribution in [0.5, 0.6) is 0 Å². The summed E-state index contributed by atoms with van der Waals surface area (Å²) in [5.74, 6) is 0.444. The lowest BCUT2D eigenvalue weighted by atomic mass is 10.4. The predicted octanol–water partition coefficient (Wildman–Crippen LogP) is 1.88. The van der Waals surface area contributed by atoms with E-state index in [9.17, 15) is 4.79 Å². The van der Waals surface area contributed by atoms with Crippen LogP contribution in [0.3, 0.4) is 0 Å².